The third-order valence-corrected chi connectivity index (χ3v) is 4.00. The van der Waals surface area contributed by atoms with Crippen molar-refractivity contribution < 1.29 is 9.53 Å². The Labute approximate surface area is 112 Å². The van der Waals surface area contributed by atoms with Crippen LogP contribution in [0.4, 0.5) is 0 Å². The molecule has 0 aliphatic carbocycles. The van der Waals surface area contributed by atoms with Crippen LogP contribution in [0, 0.1) is 0 Å². The molecule has 1 unspecified atom stereocenters. The van der Waals surface area contributed by atoms with Crippen molar-refractivity contribution in [2.24, 2.45) is 0 Å². The molecular formula is C15H18N2O2. The van der Waals surface area contributed by atoms with Gasteiger partial charge in [-0.2, -0.15) is 0 Å². The number of fused-ring (bicyclic) bond motifs is 3. The largest absolute Gasteiger partial charge is 0.468 e. The minimum absolute atomic E-state index is 0.167. The molecule has 2 heterocycles. The van der Waals surface area contributed by atoms with Crippen LogP contribution in [-0.4, -0.2) is 35.5 Å². The van der Waals surface area contributed by atoms with Crippen LogP contribution in [-0.2, 0) is 22.5 Å². The lowest BCUT2D eigenvalue weighted by atomic mass is 10.0. The predicted molar refractivity (Wildman–Crippen MR) is 73.9 cm³/mol. The first kappa shape index (κ1) is 12.2. The zero-order chi connectivity index (χ0) is 13.4. The quantitative estimate of drug-likeness (QED) is 0.839. The minimum Gasteiger partial charge on any atom is -0.468 e. The molecule has 1 aliphatic rings. The van der Waals surface area contributed by atoms with Crippen molar-refractivity contribution in [3.63, 3.8) is 0 Å². The van der Waals surface area contributed by atoms with E-state index in [2.05, 4.69) is 28.1 Å². The summed E-state index contributed by atoms with van der Waals surface area (Å²) in [4.78, 5) is 17.2. The predicted octanol–water partition coefficient (Wildman–Crippen LogP) is 2.09. The number of ether oxygens (including phenoxy) is 1. The van der Waals surface area contributed by atoms with E-state index in [1.54, 1.807) is 0 Å². The van der Waals surface area contributed by atoms with Gasteiger partial charge in [-0.3, -0.25) is 9.69 Å². The number of benzene rings is 1. The number of esters is 1. The Hall–Kier alpha value is -1.81. The van der Waals surface area contributed by atoms with Gasteiger partial charge in [0, 0.05) is 29.7 Å². The van der Waals surface area contributed by atoms with E-state index in [9.17, 15) is 4.79 Å². The molecule has 19 heavy (non-hydrogen) atoms. The van der Waals surface area contributed by atoms with E-state index in [-0.39, 0.29) is 12.0 Å². The first-order chi connectivity index (χ1) is 9.20. The van der Waals surface area contributed by atoms with E-state index < -0.39 is 0 Å². The van der Waals surface area contributed by atoms with Gasteiger partial charge in [0.15, 0.2) is 0 Å². The molecule has 3 rings (SSSR count). The number of nitrogens with one attached hydrogen (secondary N) is 1. The average molecular weight is 258 g/mol. The number of H-pyrrole nitrogens is 1. The number of aromatic amines is 1. The molecule has 4 nitrogen and oxygen atoms in total. The summed E-state index contributed by atoms with van der Waals surface area (Å²) in [5.74, 6) is -0.167. The first-order valence-corrected chi connectivity index (χ1v) is 6.61. The molecule has 1 N–H and O–H groups in total. The van der Waals surface area contributed by atoms with Gasteiger partial charge in [-0.1, -0.05) is 18.2 Å². The lowest BCUT2D eigenvalue weighted by molar-refractivity contribution is -0.146. The third kappa shape index (κ3) is 2.02. The molecule has 0 saturated heterocycles. The molecule has 1 aliphatic heterocycles. The summed E-state index contributed by atoms with van der Waals surface area (Å²) >= 11 is 0. The molecule has 1 aromatic carbocycles. The summed E-state index contributed by atoms with van der Waals surface area (Å²) in [7, 11) is 1.44. The second kappa shape index (κ2) is 4.70. The SMILES string of the molecule is COC(=O)C(C)N1CCc2c([nH]c3ccccc23)C1. The number of carbonyl (C=O) groups is 1. The molecule has 2 aromatic rings. The number of hydrogen-bond acceptors (Lipinski definition) is 3. The Morgan fingerprint density at radius 2 is 2.21 bits per heavy atom. The second-order valence-electron chi connectivity index (χ2n) is 5.05. The maximum atomic E-state index is 11.6. The van der Waals surface area contributed by atoms with Crippen LogP contribution in [0.5, 0.6) is 0 Å². The Bertz CT molecular complexity index is 618. The maximum Gasteiger partial charge on any atom is 0.322 e. The Kier molecular flexibility index (Phi) is 3.03. The molecule has 0 spiro atoms. The summed E-state index contributed by atoms with van der Waals surface area (Å²) in [5, 5.41) is 1.31. The molecule has 0 saturated carbocycles. The van der Waals surface area contributed by atoms with Crippen molar-refractivity contribution in [3.8, 4) is 0 Å². The maximum absolute atomic E-state index is 11.6. The summed E-state index contributed by atoms with van der Waals surface area (Å²) in [6, 6.07) is 8.18. The fourth-order valence-electron chi connectivity index (χ4n) is 2.86. The lowest BCUT2D eigenvalue weighted by Crippen LogP contribution is -2.42. The zero-order valence-corrected chi connectivity index (χ0v) is 11.3. The van der Waals surface area contributed by atoms with E-state index >= 15 is 0 Å². The van der Waals surface area contributed by atoms with Crippen molar-refractivity contribution in [3.05, 3.63) is 35.5 Å². The van der Waals surface area contributed by atoms with Crippen molar-refractivity contribution in [2.45, 2.75) is 25.9 Å². The summed E-state index contributed by atoms with van der Waals surface area (Å²) in [6.07, 6.45) is 0.973. The van der Waals surface area contributed by atoms with Crippen molar-refractivity contribution in [1.29, 1.82) is 0 Å². The summed E-state index contributed by atoms with van der Waals surface area (Å²) in [5.41, 5.74) is 3.80. The standard InChI is InChI=1S/C15H18N2O2/c1-10(15(18)19-2)17-8-7-12-11-5-3-4-6-13(11)16-14(12)9-17/h3-6,10,16H,7-9H2,1-2H3. The van der Waals surface area contributed by atoms with Gasteiger partial charge < -0.3 is 9.72 Å². The Balaban J connectivity index is 1.90. The van der Waals surface area contributed by atoms with Crippen LogP contribution in [0.25, 0.3) is 10.9 Å². The number of hydrogen-bond donors (Lipinski definition) is 1. The van der Waals surface area contributed by atoms with Gasteiger partial charge in [0.1, 0.15) is 6.04 Å². The number of methoxy groups -OCH3 is 1. The fraction of sp³-hybridized carbons (Fsp3) is 0.400. The molecule has 0 radical (unpaired) electrons. The van der Waals surface area contributed by atoms with Crippen LogP contribution in [0.2, 0.25) is 0 Å². The van der Waals surface area contributed by atoms with Gasteiger partial charge in [-0.25, -0.2) is 0 Å². The highest BCUT2D eigenvalue weighted by molar-refractivity contribution is 5.85. The summed E-state index contributed by atoms with van der Waals surface area (Å²) < 4.78 is 4.82. The highest BCUT2D eigenvalue weighted by Gasteiger charge is 2.27. The van der Waals surface area contributed by atoms with Gasteiger partial charge in [-0.05, 0) is 25.0 Å². The van der Waals surface area contributed by atoms with Gasteiger partial charge in [0.25, 0.3) is 0 Å². The summed E-state index contributed by atoms with van der Waals surface area (Å²) in [6.45, 7) is 3.57. The van der Waals surface area contributed by atoms with Crippen LogP contribution in [0.1, 0.15) is 18.2 Å². The van der Waals surface area contributed by atoms with Gasteiger partial charge in [-0.15, -0.1) is 0 Å². The molecule has 0 amide bonds. The molecular weight excluding hydrogens is 240 g/mol. The molecule has 0 fully saturated rings. The van der Waals surface area contributed by atoms with Crippen LogP contribution >= 0.6 is 0 Å². The molecule has 1 atom stereocenters. The van der Waals surface area contributed by atoms with Crippen molar-refractivity contribution in [2.75, 3.05) is 13.7 Å². The molecule has 1 aromatic heterocycles. The number of rotatable bonds is 2. The topological polar surface area (TPSA) is 45.3 Å². The number of nitrogens with zero attached hydrogens (tertiary/aromatic N) is 1. The third-order valence-electron chi connectivity index (χ3n) is 4.00. The monoisotopic (exact) mass is 258 g/mol. The fourth-order valence-corrected chi connectivity index (χ4v) is 2.86. The lowest BCUT2D eigenvalue weighted by Gasteiger charge is -2.30. The molecule has 4 heteroatoms. The van der Waals surface area contributed by atoms with E-state index in [4.69, 9.17) is 4.74 Å². The Morgan fingerprint density at radius 3 is 3.00 bits per heavy atom. The minimum atomic E-state index is -0.190. The van der Waals surface area contributed by atoms with E-state index in [0.717, 1.165) is 19.5 Å². The Morgan fingerprint density at radius 1 is 1.42 bits per heavy atom. The number of carbonyl (C=O) groups excluding carboxylic acids is 1. The second-order valence-corrected chi connectivity index (χ2v) is 5.05. The highest BCUT2D eigenvalue weighted by atomic mass is 16.5. The van der Waals surface area contributed by atoms with Crippen LogP contribution < -0.4 is 0 Å². The molecule has 100 valence electrons. The van der Waals surface area contributed by atoms with Crippen molar-refractivity contribution >= 4 is 16.9 Å². The highest BCUT2D eigenvalue weighted by Crippen LogP contribution is 2.28. The van der Waals surface area contributed by atoms with Gasteiger partial charge >= 0.3 is 5.97 Å². The van der Waals surface area contributed by atoms with Crippen LogP contribution in [0.3, 0.4) is 0 Å². The smallest absolute Gasteiger partial charge is 0.322 e. The number of para-hydroxylation sites is 1. The van der Waals surface area contributed by atoms with E-state index in [1.165, 1.54) is 29.3 Å². The van der Waals surface area contributed by atoms with E-state index in [0.29, 0.717) is 0 Å². The average Bonchev–Trinajstić information content (AvgIpc) is 2.83. The zero-order valence-electron chi connectivity index (χ0n) is 11.3. The van der Waals surface area contributed by atoms with Crippen molar-refractivity contribution in [1.82, 2.24) is 9.88 Å². The van der Waals surface area contributed by atoms with Crippen LogP contribution in [0.15, 0.2) is 24.3 Å². The molecule has 0 bridgehead atoms. The van der Waals surface area contributed by atoms with Gasteiger partial charge in [0.2, 0.25) is 0 Å². The number of aromatic nitrogens is 1. The van der Waals surface area contributed by atoms with Gasteiger partial charge in [0.05, 0.1) is 7.11 Å². The first-order valence-electron chi connectivity index (χ1n) is 6.61. The normalized spacial score (nSPS) is 17.2. The van der Waals surface area contributed by atoms with E-state index in [1.807, 2.05) is 13.0 Å².